The molecule has 0 aliphatic heterocycles. The van der Waals surface area contributed by atoms with Gasteiger partial charge >= 0.3 is 0 Å². The maximum atomic E-state index is 12.3. The molecule has 0 heterocycles. The van der Waals surface area contributed by atoms with E-state index >= 15 is 0 Å². The van der Waals surface area contributed by atoms with Crippen LogP contribution in [-0.4, -0.2) is 57.5 Å². The number of benzene rings is 3. The predicted octanol–water partition coefficient (Wildman–Crippen LogP) is 5.22. The Bertz CT molecular complexity index is 1430. The van der Waals surface area contributed by atoms with Gasteiger partial charge in [-0.2, -0.15) is 0 Å². The van der Waals surface area contributed by atoms with Crippen molar-refractivity contribution in [2.45, 2.75) is 70.1 Å². The number of unbranched alkanes of at least 4 members (excludes halogenated alkanes) is 1. The molecule has 0 radical (unpaired) electrons. The molecule has 1 saturated carbocycles. The Hall–Kier alpha value is -3.60. The number of amides is 1. The molecule has 1 atom stereocenters. The monoisotopic (exact) mass is 623 g/mol. The molecular weight excluding hydrogens is 578 g/mol. The second kappa shape index (κ2) is 16.5. The van der Waals surface area contributed by atoms with Gasteiger partial charge in [-0.25, -0.2) is 8.42 Å². The highest BCUT2D eigenvalue weighted by molar-refractivity contribution is 7.92. The first-order valence-corrected chi connectivity index (χ1v) is 17.3. The van der Waals surface area contributed by atoms with E-state index in [9.17, 15) is 18.3 Å². The first kappa shape index (κ1) is 33.3. The molecular formula is C34H45N3O6S. The fourth-order valence-corrected chi connectivity index (χ4v) is 5.87. The van der Waals surface area contributed by atoms with Crippen molar-refractivity contribution in [3.63, 3.8) is 0 Å². The Morgan fingerprint density at radius 3 is 2.39 bits per heavy atom. The topological polar surface area (TPSA) is 126 Å². The highest BCUT2D eigenvalue weighted by Gasteiger charge is 2.23. The number of aliphatic hydroxyl groups excluding tert-OH is 1. The van der Waals surface area contributed by atoms with Gasteiger partial charge in [0, 0.05) is 30.8 Å². The second-order valence-electron chi connectivity index (χ2n) is 11.5. The number of nitrogens with one attached hydrogen (secondary N) is 3. The van der Waals surface area contributed by atoms with Crippen LogP contribution in [0, 0.1) is 0 Å². The maximum Gasteiger partial charge on any atom is 0.251 e. The number of anilines is 1. The van der Waals surface area contributed by atoms with Gasteiger partial charge in [0.25, 0.3) is 5.91 Å². The molecule has 0 aromatic heterocycles. The summed E-state index contributed by atoms with van der Waals surface area (Å²) >= 11 is 0. The molecule has 0 spiro atoms. The van der Waals surface area contributed by atoms with E-state index in [1.54, 1.807) is 18.2 Å². The van der Waals surface area contributed by atoms with Crippen LogP contribution in [0.5, 0.6) is 11.5 Å². The first-order chi connectivity index (χ1) is 21.2. The van der Waals surface area contributed by atoms with Crippen LogP contribution in [0.1, 0.15) is 72.9 Å². The van der Waals surface area contributed by atoms with Crippen LogP contribution in [-0.2, 0) is 16.6 Å². The summed E-state index contributed by atoms with van der Waals surface area (Å²) in [6.07, 6.45) is 6.47. The summed E-state index contributed by atoms with van der Waals surface area (Å²) in [6.45, 7) is 3.55. The van der Waals surface area contributed by atoms with E-state index in [1.165, 1.54) is 5.56 Å². The summed E-state index contributed by atoms with van der Waals surface area (Å²) in [7, 11) is -3.54. The minimum atomic E-state index is -3.54. The lowest BCUT2D eigenvalue weighted by molar-refractivity contribution is 0.0953. The van der Waals surface area contributed by atoms with Gasteiger partial charge < -0.3 is 25.2 Å². The molecule has 0 unspecified atom stereocenters. The van der Waals surface area contributed by atoms with Gasteiger partial charge in [-0.15, -0.1) is 0 Å². The molecule has 3 aromatic rings. The van der Waals surface area contributed by atoms with E-state index in [4.69, 9.17) is 9.47 Å². The number of hydrogen-bond acceptors (Lipinski definition) is 7. The summed E-state index contributed by atoms with van der Waals surface area (Å²) in [5, 5.41) is 17.0. The molecule has 1 aliphatic rings. The largest absolute Gasteiger partial charge is 0.491 e. The van der Waals surface area contributed by atoms with Crippen LogP contribution in [0.15, 0.2) is 72.8 Å². The summed E-state index contributed by atoms with van der Waals surface area (Å²) in [5.41, 5.74) is 3.20. The number of sulfonamides is 1. The lowest BCUT2D eigenvalue weighted by Gasteiger charge is -2.30. The van der Waals surface area contributed by atoms with Crippen molar-refractivity contribution in [2.24, 2.45) is 0 Å². The van der Waals surface area contributed by atoms with Gasteiger partial charge in [0.1, 0.15) is 30.8 Å². The number of rotatable bonds is 16. The highest BCUT2D eigenvalue weighted by atomic mass is 32.2. The van der Waals surface area contributed by atoms with Gasteiger partial charge in [-0.05, 0) is 73.4 Å². The molecule has 0 bridgehead atoms. The average molecular weight is 624 g/mol. The van der Waals surface area contributed by atoms with Gasteiger partial charge in [0.15, 0.2) is 0 Å². The van der Waals surface area contributed by atoms with Crippen LogP contribution in [0.2, 0.25) is 0 Å². The van der Waals surface area contributed by atoms with Crippen LogP contribution < -0.4 is 24.8 Å². The van der Waals surface area contributed by atoms with E-state index in [-0.39, 0.29) is 24.8 Å². The first-order valence-electron chi connectivity index (χ1n) is 15.4. The van der Waals surface area contributed by atoms with E-state index < -0.39 is 16.1 Å². The summed E-state index contributed by atoms with van der Waals surface area (Å²) in [6, 6.07) is 22.8. The molecule has 44 heavy (non-hydrogen) atoms. The normalized spacial score (nSPS) is 17.4. The number of carbonyl (C=O) groups excluding carboxylic acids is 1. The Balaban J connectivity index is 1.20. The molecule has 1 amide bonds. The summed E-state index contributed by atoms with van der Waals surface area (Å²) in [5.74, 6) is 1.25. The summed E-state index contributed by atoms with van der Waals surface area (Å²) < 4.78 is 38.1. The van der Waals surface area contributed by atoms with Gasteiger partial charge in [0.05, 0.1) is 11.9 Å². The average Bonchev–Trinajstić information content (AvgIpc) is 3.02. The van der Waals surface area contributed by atoms with Crippen molar-refractivity contribution in [1.29, 1.82) is 0 Å². The van der Waals surface area contributed by atoms with Crippen molar-refractivity contribution in [2.75, 3.05) is 30.7 Å². The van der Waals surface area contributed by atoms with Crippen molar-refractivity contribution >= 4 is 21.6 Å². The molecule has 10 heteroatoms. The Morgan fingerprint density at radius 1 is 0.977 bits per heavy atom. The molecule has 1 aliphatic carbocycles. The minimum absolute atomic E-state index is 0.0173. The molecule has 238 valence electrons. The molecule has 0 saturated heterocycles. The Kier molecular flexibility index (Phi) is 12.5. The number of ether oxygens (including phenoxy) is 2. The number of hydrogen-bond donors (Lipinski definition) is 4. The fraction of sp³-hybridized carbons (Fsp3) is 0.441. The predicted molar refractivity (Wildman–Crippen MR) is 174 cm³/mol. The Labute approximate surface area is 261 Å². The van der Waals surface area contributed by atoms with E-state index in [1.807, 2.05) is 42.5 Å². The third kappa shape index (κ3) is 10.8. The molecule has 9 nitrogen and oxygen atoms in total. The number of carbonyl (C=O) groups is 1. The fourth-order valence-electron chi connectivity index (χ4n) is 5.31. The third-order valence-corrected chi connectivity index (χ3v) is 8.35. The zero-order valence-corrected chi connectivity index (χ0v) is 26.4. The number of aliphatic hydroxyl groups is 1. The molecule has 4 rings (SSSR count). The van der Waals surface area contributed by atoms with Crippen LogP contribution in [0.3, 0.4) is 0 Å². The third-order valence-electron chi connectivity index (χ3n) is 7.76. The maximum absolute atomic E-state index is 12.3. The summed E-state index contributed by atoms with van der Waals surface area (Å²) in [4.78, 5) is 12.3. The van der Waals surface area contributed by atoms with E-state index in [0.29, 0.717) is 42.1 Å². The lowest BCUT2D eigenvalue weighted by Crippen LogP contribution is -2.39. The van der Waals surface area contributed by atoms with Crippen LogP contribution in [0.25, 0.3) is 0 Å². The van der Waals surface area contributed by atoms with E-state index in [0.717, 1.165) is 50.3 Å². The zero-order valence-electron chi connectivity index (χ0n) is 25.6. The highest BCUT2D eigenvalue weighted by Crippen LogP contribution is 2.33. The van der Waals surface area contributed by atoms with Gasteiger partial charge in [0.2, 0.25) is 10.0 Å². The smallest absolute Gasteiger partial charge is 0.251 e. The quantitative estimate of drug-likeness (QED) is 0.161. The van der Waals surface area contributed by atoms with Crippen molar-refractivity contribution in [3.8, 4) is 11.5 Å². The standard InChI is InChI=1S/C34H45N3O6S/c1-3-4-20-35-34(39)28-12-10-26(11-13-28)27-14-16-29(17-15-27)36-22-30(38)24-42-31-18-19-33(32(21-31)37-44(2,40)41)43-23-25-8-6-5-7-9-25/h5-13,18-19,21,27,29-30,36-38H,3-4,14-17,20,22-24H2,1-2H3,(H,35,39)/t27?,29?,30-/m0/s1. The minimum Gasteiger partial charge on any atom is -0.491 e. The van der Waals surface area contributed by atoms with E-state index in [2.05, 4.69) is 34.4 Å². The Morgan fingerprint density at radius 2 is 1.70 bits per heavy atom. The lowest BCUT2D eigenvalue weighted by atomic mass is 9.81. The van der Waals surface area contributed by atoms with Crippen molar-refractivity contribution in [3.05, 3.63) is 89.5 Å². The molecule has 3 aromatic carbocycles. The van der Waals surface area contributed by atoms with Crippen molar-refractivity contribution in [1.82, 2.24) is 10.6 Å². The van der Waals surface area contributed by atoms with Crippen LogP contribution in [0.4, 0.5) is 5.69 Å². The van der Waals surface area contributed by atoms with Gasteiger partial charge in [-0.3, -0.25) is 9.52 Å². The molecule has 1 fully saturated rings. The second-order valence-corrected chi connectivity index (χ2v) is 13.2. The zero-order chi connectivity index (χ0) is 31.4. The van der Waals surface area contributed by atoms with Gasteiger partial charge in [-0.1, -0.05) is 55.8 Å². The SMILES string of the molecule is CCCCNC(=O)c1ccc(C2CCC(NC[C@H](O)COc3ccc(OCc4ccccc4)c(NS(C)(=O)=O)c3)CC2)cc1. The van der Waals surface area contributed by atoms with Crippen LogP contribution >= 0.6 is 0 Å². The van der Waals surface area contributed by atoms with Crippen molar-refractivity contribution < 1.29 is 27.8 Å². The molecule has 4 N–H and O–H groups in total.